The van der Waals surface area contributed by atoms with Crippen molar-refractivity contribution < 1.29 is 19.1 Å². The van der Waals surface area contributed by atoms with E-state index in [-0.39, 0.29) is 25.2 Å². The van der Waals surface area contributed by atoms with Crippen molar-refractivity contribution in [2.24, 2.45) is 0 Å². The zero-order valence-electron chi connectivity index (χ0n) is 10.8. The minimum Gasteiger partial charge on any atom is -0.482 e. The van der Waals surface area contributed by atoms with Gasteiger partial charge in [-0.1, -0.05) is 17.7 Å². The van der Waals surface area contributed by atoms with E-state index >= 15 is 0 Å². The molecule has 0 aliphatic rings. The molecule has 0 aliphatic carbocycles. The second-order valence-electron chi connectivity index (χ2n) is 4.13. The minimum atomic E-state index is -0.612. The third kappa shape index (κ3) is 6.67. The van der Waals surface area contributed by atoms with Crippen molar-refractivity contribution in [2.75, 3.05) is 13.2 Å². The molecule has 1 aromatic carbocycles. The van der Waals surface area contributed by atoms with E-state index in [1.165, 1.54) is 0 Å². The van der Waals surface area contributed by atoms with Crippen LogP contribution in [0.5, 0.6) is 5.75 Å². The Kier molecular flexibility index (Phi) is 6.15. The van der Waals surface area contributed by atoms with Gasteiger partial charge < -0.3 is 14.8 Å². The quantitative estimate of drug-likeness (QED) is 0.809. The van der Waals surface area contributed by atoms with Crippen LogP contribution in [0.15, 0.2) is 24.3 Å². The summed E-state index contributed by atoms with van der Waals surface area (Å²) in [4.78, 5) is 22.6. The van der Waals surface area contributed by atoms with E-state index in [1.807, 2.05) is 13.8 Å². The number of ether oxygens (including phenoxy) is 2. The normalized spacial score (nSPS) is 10.1. The number of amides is 1. The monoisotopic (exact) mass is 285 g/mol. The molecule has 104 valence electrons. The Balaban J connectivity index is 2.26. The molecular formula is C13H16ClNO4. The summed E-state index contributed by atoms with van der Waals surface area (Å²) >= 11 is 5.76. The second kappa shape index (κ2) is 7.63. The third-order valence-electron chi connectivity index (χ3n) is 1.97. The SMILES string of the molecule is CC(C)NC(=O)COC(=O)COc1cccc(Cl)c1. The largest absolute Gasteiger partial charge is 0.482 e. The Morgan fingerprint density at radius 3 is 2.68 bits per heavy atom. The fraction of sp³-hybridized carbons (Fsp3) is 0.385. The molecule has 0 atom stereocenters. The minimum absolute atomic E-state index is 0.00825. The van der Waals surface area contributed by atoms with E-state index in [4.69, 9.17) is 21.1 Å². The Morgan fingerprint density at radius 2 is 2.05 bits per heavy atom. The molecule has 0 heterocycles. The molecule has 1 rings (SSSR count). The van der Waals surface area contributed by atoms with Crippen LogP contribution in [0, 0.1) is 0 Å². The van der Waals surface area contributed by atoms with E-state index in [9.17, 15) is 9.59 Å². The van der Waals surface area contributed by atoms with Crippen LogP contribution in [0.25, 0.3) is 0 Å². The lowest BCUT2D eigenvalue weighted by Crippen LogP contribution is -2.34. The van der Waals surface area contributed by atoms with Gasteiger partial charge in [-0.3, -0.25) is 4.79 Å². The highest BCUT2D eigenvalue weighted by Gasteiger charge is 2.09. The van der Waals surface area contributed by atoms with Crippen molar-refractivity contribution in [1.29, 1.82) is 0 Å². The summed E-state index contributed by atoms with van der Waals surface area (Å²) < 4.78 is 9.92. The Hall–Kier alpha value is -1.75. The van der Waals surface area contributed by atoms with Crippen LogP contribution in [-0.2, 0) is 14.3 Å². The predicted octanol–water partition coefficient (Wildman–Crippen LogP) is 1.79. The van der Waals surface area contributed by atoms with Crippen molar-refractivity contribution in [3.8, 4) is 5.75 Å². The lowest BCUT2D eigenvalue weighted by Gasteiger charge is -2.09. The van der Waals surface area contributed by atoms with Crippen LogP contribution in [0.3, 0.4) is 0 Å². The van der Waals surface area contributed by atoms with Crippen LogP contribution >= 0.6 is 11.6 Å². The fourth-order valence-electron chi connectivity index (χ4n) is 1.25. The van der Waals surface area contributed by atoms with Crippen molar-refractivity contribution in [3.05, 3.63) is 29.3 Å². The summed E-state index contributed by atoms with van der Waals surface area (Å²) in [6, 6.07) is 6.67. The number of nitrogens with one attached hydrogen (secondary N) is 1. The van der Waals surface area contributed by atoms with Crippen LogP contribution in [0.1, 0.15) is 13.8 Å². The molecule has 0 radical (unpaired) electrons. The molecule has 0 bridgehead atoms. The van der Waals surface area contributed by atoms with Crippen LogP contribution < -0.4 is 10.1 Å². The van der Waals surface area contributed by atoms with Gasteiger partial charge in [0.05, 0.1) is 0 Å². The van der Waals surface area contributed by atoms with Gasteiger partial charge >= 0.3 is 5.97 Å². The molecule has 0 saturated heterocycles. The Labute approximate surface area is 116 Å². The number of rotatable bonds is 6. The van der Waals surface area contributed by atoms with E-state index in [2.05, 4.69) is 5.32 Å². The van der Waals surface area contributed by atoms with Crippen molar-refractivity contribution >= 4 is 23.5 Å². The standard InChI is InChI=1S/C13H16ClNO4/c1-9(2)15-12(16)7-19-13(17)8-18-11-5-3-4-10(14)6-11/h3-6,9H,7-8H2,1-2H3,(H,15,16). The molecule has 0 aromatic heterocycles. The molecular weight excluding hydrogens is 270 g/mol. The van der Waals surface area contributed by atoms with Crippen molar-refractivity contribution in [1.82, 2.24) is 5.32 Å². The molecule has 1 aromatic rings. The predicted molar refractivity (Wildman–Crippen MR) is 71.2 cm³/mol. The maximum Gasteiger partial charge on any atom is 0.344 e. The summed E-state index contributed by atoms with van der Waals surface area (Å²) in [5.41, 5.74) is 0. The Morgan fingerprint density at radius 1 is 1.32 bits per heavy atom. The number of benzene rings is 1. The van der Waals surface area contributed by atoms with Crippen LogP contribution in [0.2, 0.25) is 5.02 Å². The van der Waals surface area contributed by atoms with E-state index in [0.29, 0.717) is 10.8 Å². The van der Waals surface area contributed by atoms with Crippen LogP contribution in [0.4, 0.5) is 0 Å². The lowest BCUT2D eigenvalue weighted by atomic mass is 10.3. The maximum atomic E-state index is 11.3. The van der Waals surface area contributed by atoms with Gasteiger partial charge in [-0.25, -0.2) is 4.79 Å². The molecule has 0 fully saturated rings. The number of carbonyl (C=O) groups excluding carboxylic acids is 2. The highest BCUT2D eigenvalue weighted by molar-refractivity contribution is 6.30. The van der Waals surface area contributed by atoms with Gasteiger partial charge in [-0.15, -0.1) is 0 Å². The summed E-state index contributed by atoms with van der Waals surface area (Å²) in [5, 5.41) is 3.12. The number of hydrogen-bond acceptors (Lipinski definition) is 4. The highest BCUT2D eigenvalue weighted by atomic mass is 35.5. The summed E-state index contributed by atoms with van der Waals surface area (Å²) in [6.45, 7) is 3.06. The van der Waals surface area contributed by atoms with Crippen LogP contribution in [-0.4, -0.2) is 31.1 Å². The van der Waals surface area contributed by atoms with Gasteiger partial charge in [0.2, 0.25) is 0 Å². The second-order valence-corrected chi connectivity index (χ2v) is 4.57. The molecule has 1 N–H and O–H groups in total. The van der Waals surface area contributed by atoms with Gasteiger partial charge in [0.25, 0.3) is 5.91 Å². The van der Waals surface area contributed by atoms with E-state index in [0.717, 1.165) is 0 Å². The van der Waals surface area contributed by atoms with Gasteiger partial charge in [0.1, 0.15) is 5.75 Å². The Bertz CT molecular complexity index is 448. The smallest absolute Gasteiger partial charge is 0.344 e. The molecule has 6 heteroatoms. The highest BCUT2D eigenvalue weighted by Crippen LogP contribution is 2.16. The lowest BCUT2D eigenvalue weighted by molar-refractivity contribution is -0.150. The topological polar surface area (TPSA) is 64.6 Å². The summed E-state index contributed by atoms with van der Waals surface area (Å²) in [6.07, 6.45) is 0. The molecule has 5 nitrogen and oxygen atoms in total. The fourth-order valence-corrected chi connectivity index (χ4v) is 1.43. The first-order chi connectivity index (χ1) is 8.97. The number of carbonyl (C=O) groups is 2. The third-order valence-corrected chi connectivity index (χ3v) is 2.20. The number of hydrogen-bond donors (Lipinski definition) is 1. The van der Waals surface area contributed by atoms with E-state index < -0.39 is 5.97 Å². The molecule has 0 unspecified atom stereocenters. The van der Waals surface area contributed by atoms with Crippen molar-refractivity contribution in [3.63, 3.8) is 0 Å². The average Bonchev–Trinajstić information content (AvgIpc) is 2.33. The summed E-state index contributed by atoms with van der Waals surface area (Å²) in [7, 11) is 0. The maximum absolute atomic E-state index is 11.3. The molecule has 19 heavy (non-hydrogen) atoms. The number of esters is 1. The molecule has 0 saturated carbocycles. The first-order valence-electron chi connectivity index (χ1n) is 5.80. The molecule has 0 spiro atoms. The summed E-state index contributed by atoms with van der Waals surface area (Å²) in [5.74, 6) is -0.485. The zero-order valence-corrected chi connectivity index (χ0v) is 11.6. The average molecular weight is 286 g/mol. The first kappa shape index (κ1) is 15.3. The molecule has 1 amide bonds. The van der Waals surface area contributed by atoms with E-state index in [1.54, 1.807) is 24.3 Å². The van der Waals surface area contributed by atoms with Crippen molar-refractivity contribution in [2.45, 2.75) is 19.9 Å². The molecule has 0 aliphatic heterocycles. The van der Waals surface area contributed by atoms with Gasteiger partial charge in [-0.05, 0) is 32.0 Å². The van der Waals surface area contributed by atoms with Gasteiger partial charge in [-0.2, -0.15) is 0 Å². The van der Waals surface area contributed by atoms with Gasteiger partial charge in [0, 0.05) is 11.1 Å². The first-order valence-corrected chi connectivity index (χ1v) is 6.18. The van der Waals surface area contributed by atoms with Gasteiger partial charge in [0.15, 0.2) is 13.2 Å². The zero-order chi connectivity index (χ0) is 14.3. The number of halogens is 1.